The van der Waals surface area contributed by atoms with Gasteiger partial charge in [0.1, 0.15) is 5.82 Å². The van der Waals surface area contributed by atoms with Crippen LogP contribution in [0, 0.1) is 0 Å². The Hall–Kier alpha value is -5.19. The topological polar surface area (TPSA) is 122 Å². The summed E-state index contributed by atoms with van der Waals surface area (Å²) in [5.41, 5.74) is 4.93. The van der Waals surface area contributed by atoms with Crippen LogP contribution in [-0.4, -0.2) is 47.8 Å². The number of hydrogen-bond acceptors (Lipinski definition) is 5. The van der Waals surface area contributed by atoms with Crippen LogP contribution in [0.3, 0.4) is 0 Å². The van der Waals surface area contributed by atoms with E-state index in [9.17, 15) is 14.7 Å². The van der Waals surface area contributed by atoms with Gasteiger partial charge in [-0.3, -0.25) is 9.69 Å². The fourth-order valence-electron chi connectivity index (χ4n) is 5.01. The first-order valence-electron chi connectivity index (χ1n) is 13.5. The zero-order chi connectivity index (χ0) is 30.8. The van der Waals surface area contributed by atoms with Crippen molar-refractivity contribution in [3.63, 3.8) is 0 Å². The largest absolute Gasteiger partial charge is 0.465 e. The van der Waals surface area contributed by atoms with E-state index >= 15 is 0 Å². The van der Waals surface area contributed by atoms with Gasteiger partial charge in [-0.1, -0.05) is 70.9 Å². The molecule has 6 aromatic rings. The number of imidazole rings is 1. The molecule has 0 unspecified atom stereocenters. The highest BCUT2D eigenvalue weighted by Crippen LogP contribution is 2.30. The summed E-state index contributed by atoms with van der Waals surface area (Å²) in [4.78, 5) is 34.3. The van der Waals surface area contributed by atoms with Gasteiger partial charge in [-0.05, 0) is 53.1 Å². The maximum Gasteiger partial charge on any atom is 0.411 e. The molecule has 3 aromatic carbocycles. The van der Waals surface area contributed by atoms with Gasteiger partial charge in [-0.2, -0.15) is 0 Å². The number of aromatic nitrogens is 6. The molecule has 3 heterocycles. The zero-order valence-electron chi connectivity index (χ0n) is 23.3. The summed E-state index contributed by atoms with van der Waals surface area (Å²) in [6.45, 7) is 0. The molecule has 0 saturated carbocycles. The second kappa shape index (κ2) is 12.2. The number of benzene rings is 3. The number of pyridine rings is 1. The van der Waals surface area contributed by atoms with Crippen LogP contribution < -0.4 is 10.5 Å². The summed E-state index contributed by atoms with van der Waals surface area (Å²) in [7, 11) is 1.49. The lowest BCUT2D eigenvalue weighted by molar-refractivity contribution is 0.203. The van der Waals surface area contributed by atoms with Crippen molar-refractivity contribution >= 4 is 35.0 Å². The third kappa shape index (κ3) is 5.98. The third-order valence-electron chi connectivity index (χ3n) is 7.30. The SMILES string of the molecule is CN(C(=O)O)c1ccc(-c2cnc([C@H](Cc3ccccc3)n3ccc(-c4cc(Cl)ccc4-n4cc(Cl)nn4)cc3=O)[nH]2)cc1. The van der Waals surface area contributed by atoms with Crippen LogP contribution in [0.15, 0.2) is 108 Å². The average Bonchev–Trinajstić information content (AvgIpc) is 3.70. The van der Waals surface area contributed by atoms with E-state index in [-0.39, 0.29) is 10.7 Å². The number of nitrogens with zero attached hydrogens (tertiary/aromatic N) is 6. The number of aromatic amines is 1. The molecule has 0 saturated heterocycles. The summed E-state index contributed by atoms with van der Waals surface area (Å²) in [5.74, 6) is 0.603. The average molecular weight is 627 g/mol. The van der Waals surface area contributed by atoms with Crippen molar-refractivity contribution < 1.29 is 9.90 Å². The van der Waals surface area contributed by atoms with Crippen molar-refractivity contribution in [2.75, 3.05) is 11.9 Å². The molecule has 0 fully saturated rings. The number of carbonyl (C=O) groups is 1. The van der Waals surface area contributed by atoms with E-state index in [1.807, 2.05) is 48.5 Å². The monoisotopic (exact) mass is 625 g/mol. The fourth-order valence-corrected chi connectivity index (χ4v) is 5.31. The smallest absolute Gasteiger partial charge is 0.411 e. The van der Waals surface area contributed by atoms with Crippen LogP contribution in [0.5, 0.6) is 0 Å². The minimum Gasteiger partial charge on any atom is -0.465 e. The van der Waals surface area contributed by atoms with Crippen molar-refractivity contribution in [2.24, 2.45) is 0 Å². The van der Waals surface area contributed by atoms with Gasteiger partial charge in [-0.25, -0.2) is 14.5 Å². The standard InChI is InChI=1S/C32H25Cl2N7O3/c1-39(32(43)44)24-10-7-21(8-11-24)26-18-35-31(36-26)28(15-20-5-3-2-4-6-20)40-14-13-22(16-30(40)42)25-17-23(33)9-12-27(25)41-19-29(34)37-38-41/h2-14,16-19,28H,15H2,1H3,(H,35,36)(H,43,44)/t28-/m0/s1. The molecule has 1 atom stereocenters. The van der Waals surface area contributed by atoms with E-state index in [0.717, 1.165) is 21.7 Å². The Morgan fingerprint density at radius 2 is 1.77 bits per heavy atom. The highest BCUT2D eigenvalue weighted by atomic mass is 35.5. The van der Waals surface area contributed by atoms with E-state index in [2.05, 4.69) is 20.3 Å². The summed E-state index contributed by atoms with van der Waals surface area (Å²) in [6, 6.07) is 25.3. The van der Waals surface area contributed by atoms with Crippen LogP contribution in [0.1, 0.15) is 17.4 Å². The molecule has 0 bridgehead atoms. The number of amides is 1. The molecule has 0 aliphatic rings. The summed E-state index contributed by atoms with van der Waals surface area (Å²) in [5, 5.41) is 17.9. The molecule has 44 heavy (non-hydrogen) atoms. The lowest BCUT2D eigenvalue weighted by Gasteiger charge is -2.19. The van der Waals surface area contributed by atoms with E-state index in [1.54, 1.807) is 59.6 Å². The molecule has 1 amide bonds. The van der Waals surface area contributed by atoms with Crippen LogP contribution in [0.2, 0.25) is 10.2 Å². The molecular formula is C32H25Cl2N7O3. The van der Waals surface area contributed by atoms with Crippen LogP contribution >= 0.6 is 23.2 Å². The van der Waals surface area contributed by atoms with Crippen molar-refractivity contribution in [2.45, 2.75) is 12.5 Å². The molecular weight excluding hydrogens is 601 g/mol. The molecule has 0 spiro atoms. The molecule has 2 N–H and O–H groups in total. The number of hydrogen-bond donors (Lipinski definition) is 2. The number of anilines is 1. The Bertz CT molecular complexity index is 2000. The number of H-pyrrole nitrogens is 1. The van der Waals surface area contributed by atoms with Crippen LogP contribution in [-0.2, 0) is 6.42 Å². The molecule has 3 aromatic heterocycles. The molecule has 0 aliphatic carbocycles. The first-order chi connectivity index (χ1) is 21.3. The minimum absolute atomic E-state index is 0.231. The maximum atomic E-state index is 13.8. The predicted octanol–water partition coefficient (Wildman–Crippen LogP) is 6.74. The number of carboxylic acid groups (broad SMARTS) is 1. The first-order valence-corrected chi connectivity index (χ1v) is 14.3. The lowest BCUT2D eigenvalue weighted by atomic mass is 10.0. The van der Waals surface area contributed by atoms with Gasteiger partial charge in [0.15, 0.2) is 5.15 Å². The van der Waals surface area contributed by atoms with Crippen molar-refractivity contribution in [1.29, 1.82) is 0 Å². The number of halogens is 2. The van der Waals surface area contributed by atoms with Crippen LogP contribution in [0.25, 0.3) is 28.1 Å². The van der Waals surface area contributed by atoms with E-state index in [1.165, 1.54) is 11.7 Å². The van der Waals surface area contributed by atoms with Gasteiger partial charge in [0.2, 0.25) is 0 Å². The van der Waals surface area contributed by atoms with Crippen LogP contribution in [0.4, 0.5) is 10.5 Å². The van der Waals surface area contributed by atoms with E-state index < -0.39 is 12.1 Å². The summed E-state index contributed by atoms with van der Waals surface area (Å²) < 4.78 is 3.19. The highest BCUT2D eigenvalue weighted by molar-refractivity contribution is 6.31. The quantitative estimate of drug-likeness (QED) is 0.193. The summed E-state index contributed by atoms with van der Waals surface area (Å²) >= 11 is 12.4. The second-order valence-electron chi connectivity index (χ2n) is 10.1. The molecule has 220 valence electrons. The predicted molar refractivity (Wildman–Crippen MR) is 170 cm³/mol. The second-order valence-corrected chi connectivity index (χ2v) is 10.9. The summed E-state index contributed by atoms with van der Waals surface area (Å²) in [6.07, 6.45) is 4.51. The maximum absolute atomic E-state index is 13.8. The van der Waals surface area contributed by atoms with Gasteiger partial charge in [0, 0.05) is 42.0 Å². The number of nitrogens with one attached hydrogen (secondary N) is 1. The zero-order valence-corrected chi connectivity index (χ0v) is 24.8. The lowest BCUT2D eigenvalue weighted by Crippen LogP contribution is -2.27. The molecule has 0 radical (unpaired) electrons. The fraction of sp³-hybridized carbons (Fsp3) is 0.0938. The van der Waals surface area contributed by atoms with Crippen molar-refractivity contribution in [1.82, 2.24) is 29.5 Å². The van der Waals surface area contributed by atoms with Gasteiger partial charge in [-0.15, -0.1) is 5.10 Å². The normalized spacial score (nSPS) is 11.8. The Balaban J connectivity index is 1.37. The van der Waals surface area contributed by atoms with Gasteiger partial charge < -0.3 is 14.7 Å². The molecule has 6 rings (SSSR count). The first kappa shape index (κ1) is 28.9. The van der Waals surface area contributed by atoms with Crippen molar-refractivity contribution in [3.05, 3.63) is 135 Å². The molecule has 0 aliphatic heterocycles. The third-order valence-corrected chi connectivity index (χ3v) is 7.71. The molecule has 12 heteroatoms. The van der Waals surface area contributed by atoms with E-state index in [0.29, 0.717) is 39.8 Å². The van der Waals surface area contributed by atoms with Crippen molar-refractivity contribution in [3.8, 4) is 28.1 Å². The highest BCUT2D eigenvalue weighted by Gasteiger charge is 2.21. The Morgan fingerprint density at radius 1 is 1.00 bits per heavy atom. The molecule has 10 nitrogen and oxygen atoms in total. The van der Waals surface area contributed by atoms with Gasteiger partial charge in [0.25, 0.3) is 5.56 Å². The minimum atomic E-state index is -1.05. The number of rotatable bonds is 8. The van der Waals surface area contributed by atoms with E-state index in [4.69, 9.17) is 23.2 Å². The Morgan fingerprint density at radius 3 is 2.45 bits per heavy atom. The Labute approximate surface area is 261 Å². The van der Waals surface area contributed by atoms with Gasteiger partial charge in [0.05, 0.1) is 29.8 Å². The van der Waals surface area contributed by atoms with Gasteiger partial charge >= 0.3 is 6.09 Å². The Kier molecular flexibility index (Phi) is 8.01.